The molecule has 0 aromatic heterocycles. The summed E-state index contributed by atoms with van der Waals surface area (Å²) in [4.78, 5) is 2.37. The minimum atomic E-state index is -0.557. The van der Waals surface area contributed by atoms with Crippen LogP contribution in [0.1, 0.15) is 30.9 Å². The molecule has 2 fully saturated rings. The average Bonchev–Trinajstić information content (AvgIpc) is 3.28. The molecule has 1 aliphatic carbocycles. The van der Waals surface area contributed by atoms with Gasteiger partial charge in [-0.1, -0.05) is 30.5 Å². The van der Waals surface area contributed by atoms with Crippen LogP contribution >= 0.6 is 36.4 Å². The molecule has 3 rings (SSSR count). The summed E-state index contributed by atoms with van der Waals surface area (Å²) in [6.07, 6.45) is 3.55. The third-order valence-electron chi connectivity index (χ3n) is 4.31. The second-order valence-corrected chi connectivity index (χ2v) is 6.16. The zero-order chi connectivity index (χ0) is 14.1. The molecule has 0 amide bonds. The van der Waals surface area contributed by atoms with Gasteiger partial charge < -0.3 is 10.4 Å². The highest BCUT2D eigenvalue weighted by Crippen LogP contribution is 2.44. The molecule has 1 atom stereocenters. The highest BCUT2D eigenvalue weighted by Gasteiger charge is 2.32. The van der Waals surface area contributed by atoms with Crippen LogP contribution in [0.4, 0.5) is 4.39 Å². The molecule has 1 saturated carbocycles. The van der Waals surface area contributed by atoms with Crippen molar-refractivity contribution in [3.8, 4) is 5.75 Å². The van der Waals surface area contributed by atoms with Crippen molar-refractivity contribution >= 4 is 36.4 Å². The van der Waals surface area contributed by atoms with Crippen LogP contribution < -0.4 is 5.32 Å². The van der Waals surface area contributed by atoms with E-state index in [1.54, 1.807) is 6.07 Å². The molecule has 126 valence electrons. The zero-order valence-electron chi connectivity index (χ0n) is 12.2. The van der Waals surface area contributed by atoms with Crippen LogP contribution in [0.2, 0.25) is 5.02 Å². The summed E-state index contributed by atoms with van der Waals surface area (Å²) in [6.45, 7) is 3.81. The van der Waals surface area contributed by atoms with E-state index >= 15 is 0 Å². The van der Waals surface area contributed by atoms with Crippen LogP contribution in [-0.4, -0.2) is 36.2 Å². The van der Waals surface area contributed by atoms with Crippen molar-refractivity contribution in [2.24, 2.45) is 5.92 Å². The highest BCUT2D eigenvalue weighted by atomic mass is 35.5. The second kappa shape index (κ2) is 8.55. The van der Waals surface area contributed by atoms with Gasteiger partial charge in [0.1, 0.15) is 16.6 Å². The quantitative estimate of drug-likeness (QED) is 0.845. The molecule has 1 aromatic carbocycles. The van der Waals surface area contributed by atoms with E-state index in [0.29, 0.717) is 0 Å². The number of aromatic hydroxyl groups is 1. The number of benzene rings is 1. The summed E-state index contributed by atoms with van der Waals surface area (Å²) in [5.74, 6) is 0.0902. The fraction of sp³-hybridized carbons (Fsp3) is 0.600. The van der Waals surface area contributed by atoms with Gasteiger partial charge in [-0.05, 0) is 18.4 Å². The smallest absolute Gasteiger partial charge is 0.145 e. The minimum Gasteiger partial charge on any atom is -0.506 e. The maximum Gasteiger partial charge on any atom is 0.145 e. The molecule has 3 nitrogen and oxygen atoms in total. The Morgan fingerprint density at radius 3 is 2.50 bits per heavy atom. The molecule has 1 heterocycles. The topological polar surface area (TPSA) is 35.5 Å². The lowest BCUT2D eigenvalue weighted by molar-refractivity contribution is 0.158. The molecule has 0 spiro atoms. The standard InChI is InChI=1S/C15H20ClFN2O.2ClH/c16-14-12(17)4-3-11(15(14)20)13(9-10-1-2-10)19-7-5-18-6-8-19;;/h3-4,10,13,18,20H,1-2,5-9H2;2*1H/t13-;;/m0../s1. The first-order valence-electron chi connectivity index (χ1n) is 7.28. The Hall–Kier alpha value is -0.260. The third-order valence-corrected chi connectivity index (χ3v) is 4.66. The lowest BCUT2D eigenvalue weighted by Crippen LogP contribution is -2.45. The first-order valence-corrected chi connectivity index (χ1v) is 7.66. The summed E-state index contributed by atoms with van der Waals surface area (Å²) in [6, 6.07) is 3.19. The average molecular weight is 372 g/mol. The molecule has 2 aliphatic rings. The van der Waals surface area contributed by atoms with E-state index in [-0.39, 0.29) is 41.6 Å². The number of phenols is 1. The maximum absolute atomic E-state index is 13.4. The van der Waals surface area contributed by atoms with Crippen LogP contribution in [0, 0.1) is 11.7 Å². The number of hydrogen-bond donors (Lipinski definition) is 2. The molecule has 1 saturated heterocycles. The fourth-order valence-electron chi connectivity index (χ4n) is 2.96. The predicted molar refractivity (Wildman–Crippen MR) is 92.1 cm³/mol. The van der Waals surface area contributed by atoms with Crippen LogP contribution in [-0.2, 0) is 0 Å². The molecule has 0 unspecified atom stereocenters. The van der Waals surface area contributed by atoms with Crippen LogP contribution in [0.5, 0.6) is 5.75 Å². The van der Waals surface area contributed by atoms with Gasteiger partial charge >= 0.3 is 0 Å². The minimum absolute atomic E-state index is 0. The van der Waals surface area contributed by atoms with Crippen molar-refractivity contribution in [1.29, 1.82) is 0 Å². The predicted octanol–water partition coefficient (Wildman–Crippen LogP) is 3.77. The summed E-state index contributed by atoms with van der Waals surface area (Å²) in [7, 11) is 0. The SMILES string of the molecule is Cl.Cl.Oc1c([C@H](CC2CC2)N2CCNCC2)ccc(F)c1Cl. The van der Waals surface area contributed by atoms with Gasteiger partial charge in [0.15, 0.2) is 0 Å². The first kappa shape index (κ1) is 19.8. The van der Waals surface area contributed by atoms with Gasteiger partial charge in [-0.2, -0.15) is 0 Å². The van der Waals surface area contributed by atoms with Gasteiger partial charge in [-0.25, -0.2) is 4.39 Å². The van der Waals surface area contributed by atoms with E-state index in [1.807, 2.05) is 0 Å². The second-order valence-electron chi connectivity index (χ2n) is 5.78. The van der Waals surface area contributed by atoms with Crippen LogP contribution in [0.15, 0.2) is 12.1 Å². The lowest BCUT2D eigenvalue weighted by atomic mass is 9.97. The molecule has 2 N–H and O–H groups in total. The molecule has 0 bridgehead atoms. The Morgan fingerprint density at radius 1 is 1.27 bits per heavy atom. The van der Waals surface area contributed by atoms with Crippen LogP contribution in [0.25, 0.3) is 0 Å². The largest absolute Gasteiger partial charge is 0.506 e. The van der Waals surface area contributed by atoms with Gasteiger partial charge in [0.2, 0.25) is 0 Å². The highest BCUT2D eigenvalue weighted by molar-refractivity contribution is 6.32. The molecule has 7 heteroatoms. The Bertz CT molecular complexity index is 494. The van der Waals surface area contributed by atoms with Gasteiger partial charge in [0.25, 0.3) is 0 Å². The number of halogens is 4. The number of piperazine rings is 1. The zero-order valence-corrected chi connectivity index (χ0v) is 14.6. The number of rotatable bonds is 4. The van der Waals surface area contributed by atoms with E-state index in [2.05, 4.69) is 10.2 Å². The monoisotopic (exact) mass is 370 g/mol. The lowest BCUT2D eigenvalue weighted by Gasteiger charge is -2.35. The maximum atomic E-state index is 13.4. The van der Waals surface area contributed by atoms with Gasteiger partial charge in [0, 0.05) is 37.8 Å². The van der Waals surface area contributed by atoms with E-state index in [1.165, 1.54) is 18.9 Å². The molecular weight excluding hydrogens is 350 g/mol. The normalized spacial score (nSPS) is 19.9. The number of phenolic OH excluding ortho intramolecular Hbond substituents is 1. The summed E-state index contributed by atoms with van der Waals surface area (Å²) < 4.78 is 13.4. The molecule has 1 aliphatic heterocycles. The Labute approximate surface area is 148 Å². The van der Waals surface area contributed by atoms with E-state index < -0.39 is 5.82 Å². The molecule has 0 radical (unpaired) electrons. The number of nitrogens with zero attached hydrogens (tertiary/aromatic N) is 1. The first-order chi connectivity index (χ1) is 9.66. The number of hydrogen-bond acceptors (Lipinski definition) is 3. The fourth-order valence-corrected chi connectivity index (χ4v) is 3.13. The Kier molecular flexibility index (Phi) is 7.69. The summed E-state index contributed by atoms with van der Waals surface area (Å²) in [5, 5.41) is 13.4. The molecule has 1 aromatic rings. The molecule has 22 heavy (non-hydrogen) atoms. The third kappa shape index (κ3) is 4.39. The van der Waals surface area contributed by atoms with Gasteiger partial charge in [-0.15, -0.1) is 24.8 Å². The van der Waals surface area contributed by atoms with Crippen LogP contribution in [0.3, 0.4) is 0 Å². The van der Waals surface area contributed by atoms with Crippen molar-refractivity contribution in [1.82, 2.24) is 10.2 Å². The van der Waals surface area contributed by atoms with Gasteiger partial charge in [0.05, 0.1) is 0 Å². The Morgan fingerprint density at radius 2 is 1.91 bits per heavy atom. The number of nitrogens with one attached hydrogen (secondary N) is 1. The summed E-state index contributed by atoms with van der Waals surface area (Å²) >= 11 is 5.86. The van der Waals surface area contributed by atoms with Crippen molar-refractivity contribution in [3.05, 3.63) is 28.5 Å². The van der Waals surface area contributed by atoms with E-state index in [0.717, 1.165) is 44.1 Å². The van der Waals surface area contributed by atoms with E-state index in [4.69, 9.17) is 11.6 Å². The Balaban J connectivity index is 0.00000121. The van der Waals surface area contributed by atoms with E-state index in [9.17, 15) is 9.50 Å². The van der Waals surface area contributed by atoms with Gasteiger partial charge in [-0.3, -0.25) is 4.90 Å². The van der Waals surface area contributed by atoms with Crippen molar-refractivity contribution < 1.29 is 9.50 Å². The molecular formula is C15H22Cl3FN2O. The van der Waals surface area contributed by atoms with Crippen molar-refractivity contribution in [2.45, 2.75) is 25.3 Å². The van der Waals surface area contributed by atoms with Crippen molar-refractivity contribution in [3.63, 3.8) is 0 Å². The van der Waals surface area contributed by atoms with Crippen molar-refractivity contribution in [2.75, 3.05) is 26.2 Å². The summed E-state index contributed by atoms with van der Waals surface area (Å²) in [5.41, 5.74) is 0.769.